The summed E-state index contributed by atoms with van der Waals surface area (Å²) in [6, 6.07) is 11.7. The van der Waals surface area contributed by atoms with Crippen LogP contribution in [-0.2, 0) is 11.3 Å². The van der Waals surface area contributed by atoms with Gasteiger partial charge in [-0.25, -0.2) is 9.18 Å². The quantitative estimate of drug-likeness (QED) is 0.591. The summed E-state index contributed by atoms with van der Waals surface area (Å²) in [6.07, 6.45) is -0.977. The third-order valence-electron chi connectivity index (χ3n) is 4.13. The lowest BCUT2D eigenvalue weighted by atomic mass is 10.2. The molecule has 2 aromatic carbocycles. The van der Waals surface area contributed by atoms with Gasteiger partial charge in [-0.05, 0) is 29.8 Å². The van der Waals surface area contributed by atoms with Crippen LogP contribution in [0.4, 0.5) is 19.7 Å². The van der Waals surface area contributed by atoms with Gasteiger partial charge in [-0.3, -0.25) is 14.5 Å². The number of nitrogens with one attached hydrogen (secondary N) is 2. The molecule has 0 radical (unpaired) electrons. The first-order valence-corrected chi connectivity index (χ1v) is 10.1. The summed E-state index contributed by atoms with van der Waals surface area (Å²) in [5.41, 5.74) is 1.27. The van der Waals surface area contributed by atoms with E-state index in [2.05, 4.69) is 10.6 Å². The molecule has 1 saturated heterocycles. The molecule has 0 spiro atoms. The average molecular weight is 433 g/mol. The normalized spacial score (nSPS) is 14.5. The number of aliphatic hydroxyl groups is 1. The number of carbonyl (C=O) groups excluding carboxylic acids is 3. The first-order chi connectivity index (χ1) is 14.4. The van der Waals surface area contributed by atoms with Gasteiger partial charge >= 0.3 is 6.03 Å². The minimum absolute atomic E-state index is 0.0594. The molecule has 1 unspecified atom stereocenters. The van der Waals surface area contributed by atoms with Crippen molar-refractivity contribution in [2.75, 3.05) is 24.2 Å². The van der Waals surface area contributed by atoms with Crippen molar-refractivity contribution in [3.63, 3.8) is 0 Å². The maximum atomic E-state index is 13.1. The fourth-order valence-corrected chi connectivity index (χ4v) is 3.33. The van der Waals surface area contributed by atoms with Crippen LogP contribution in [0.5, 0.6) is 5.75 Å². The number of amides is 4. The number of anilines is 1. The standard InChI is InChI=1S/C20H20FN3O5S/c21-14-2-1-3-17(8-14)29-11-16(25)9-22-19(27)23-15-6-4-13(5-7-15)10-24-18(26)12-30-20(24)28/h1-8,16,25H,9-12H2,(H2,22,23,27). The van der Waals surface area contributed by atoms with Crippen molar-refractivity contribution in [1.82, 2.24) is 10.2 Å². The second-order valence-electron chi connectivity index (χ2n) is 6.49. The molecule has 0 aromatic heterocycles. The second-order valence-corrected chi connectivity index (χ2v) is 7.42. The Morgan fingerprint density at radius 1 is 1.23 bits per heavy atom. The summed E-state index contributed by atoms with van der Waals surface area (Å²) in [6.45, 7) is 0.0232. The van der Waals surface area contributed by atoms with Gasteiger partial charge in [0.05, 0.1) is 12.3 Å². The summed E-state index contributed by atoms with van der Waals surface area (Å²) in [5, 5.41) is 14.7. The van der Waals surface area contributed by atoms with E-state index in [9.17, 15) is 23.9 Å². The number of halogens is 1. The Bertz CT molecular complexity index is 909. The Morgan fingerprint density at radius 3 is 2.67 bits per heavy atom. The highest BCUT2D eigenvalue weighted by molar-refractivity contribution is 8.14. The molecule has 1 fully saturated rings. The van der Waals surface area contributed by atoms with Gasteiger partial charge < -0.3 is 20.5 Å². The lowest BCUT2D eigenvalue weighted by Gasteiger charge is -2.15. The van der Waals surface area contributed by atoms with E-state index in [-0.39, 0.29) is 42.3 Å². The van der Waals surface area contributed by atoms with Gasteiger partial charge in [0.25, 0.3) is 5.24 Å². The molecule has 1 aliphatic rings. The summed E-state index contributed by atoms with van der Waals surface area (Å²) < 4.78 is 18.3. The van der Waals surface area contributed by atoms with Gasteiger partial charge in [-0.15, -0.1) is 0 Å². The fourth-order valence-electron chi connectivity index (χ4n) is 2.60. The molecule has 0 saturated carbocycles. The lowest BCUT2D eigenvalue weighted by Crippen LogP contribution is -2.37. The predicted molar refractivity (Wildman–Crippen MR) is 110 cm³/mol. The lowest BCUT2D eigenvalue weighted by molar-refractivity contribution is -0.125. The van der Waals surface area contributed by atoms with Crippen molar-refractivity contribution in [3.8, 4) is 5.75 Å². The molecule has 1 heterocycles. The molecular weight excluding hydrogens is 413 g/mol. The zero-order valence-electron chi connectivity index (χ0n) is 15.8. The molecule has 10 heteroatoms. The van der Waals surface area contributed by atoms with E-state index in [0.717, 1.165) is 17.3 Å². The number of hydrogen-bond acceptors (Lipinski definition) is 6. The van der Waals surface area contributed by atoms with Gasteiger partial charge in [0.15, 0.2) is 0 Å². The number of hydrogen-bond donors (Lipinski definition) is 3. The van der Waals surface area contributed by atoms with E-state index in [1.807, 2.05) is 0 Å². The maximum Gasteiger partial charge on any atom is 0.319 e. The van der Waals surface area contributed by atoms with Crippen LogP contribution in [-0.4, -0.2) is 52.2 Å². The number of ether oxygens (including phenoxy) is 1. The molecule has 8 nitrogen and oxygen atoms in total. The molecule has 3 rings (SSSR count). The van der Waals surface area contributed by atoms with Crippen molar-refractivity contribution in [2.45, 2.75) is 12.6 Å². The van der Waals surface area contributed by atoms with Crippen LogP contribution in [0.25, 0.3) is 0 Å². The average Bonchev–Trinajstić information content (AvgIpc) is 3.04. The van der Waals surface area contributed by atoms with E-state index in [1.54, 1.807) is 30.3 Å². The number of thioether (sulfide) groups is 1. The second kappa shape index (κ2) is 10.1. The van der Waals surface area contributed by atoms with Gasteiger partial charge in [-0.2, -0.15) is 0 Å². The first kappa shape index (κ1) is 21.6. The summed E-state index contributed by atoms with van der Waals surface area (Å²) >= 11 is 0.981. The topological polar surface area (TPSA) is 108 Å². The minimum Gasteiger partial charge on any atom is -0.491 e. The fraction of sp³-hybridized carbons (Fsp3) is 0.250. The zero-order valence-corrected chi connectivity index (χ0v) is 16.7. The van der Waals surface area contributed by atoms with Gasteiger partial charge in [0.1, 0.15) is 24.3 Å². The highest BCUT2D eigenvalue weighted by Crippen LogP contribution is 2.21. The number of benzene rings is 2. The predicted octanol–water partition coefficient (Wildman–Crippen LogP) is 2.58. The van der Waals surface area contributed by atoms with Crippen LogP contribution in [0, 0.1) is 5.82 Å². The first-order valence-electron chi connectivity index (χ1n) is 9.08. The summed E-state index contributed by atoms with van der Waals surface area (Å²) in [4.78, 5) is 36.4. The largest absolute Gasteiger partial charge is 0.491 e. The van der Waals surface area contributed by atoms with Crippen molar-refractivity contribution in [1.29, 1.82) is 0 Å². The Balaban J connectivity index is 1.40. The number of imide groups is 1. The molecule has 158 valence electrons. The number of nitrogens with zero attached hydrogens (tertiary/aromatic N) is 1. The third kappa shape index (κ3) is 6.19. The van der Waals surface area contributed by atoms with E-state index in [1.165, 1.54) is 23.1 Å². The number of rotatable bonds is 8. The Labute approximate surface area is 176 Å². The van der Waals surface area contributed by atoms with E-state index >= 15 is 0 Å². The summed E-state index contributed by atoms with van der Waals surface area (Å²) in [5.74, 6) is -0.207. The molecular formula is C20H20FN3O5S. The van der Waals surface area contributed by atoms with Crippen LogP contribution in [0.3, 0.4) is 0 Å². The molecule has 1 aliphatic heterocycles. The van der Waals surface area contributed by atoms with Gasteiger partial charge in [0.2, 0.25) is 5.91 Å². The molecule has 4 amide bonds. The molecule has 3 N–H and O–H groups in total. The molecule has 30 heavy (non-hydrogen) atoms. The Hall–Kier alpha value is -3.11. The highest BCUT2D eigenvalue weighted by Gasteiger charge is 2.29. The molecule has 0 bridgehead atoms. The van der Waals surface area contributed by atoms with Gasteiger partial charge in [0, 0.05) is 18.3 Å². The van der Waals surface area contributed by atoms with Crippen molar-refractivity contribution < 1.29 is 28.6 Å². The highest BCUT2D eigenvalue weighted by atomic mass is 32.2. The van der Waals surface area contributed by atoms with E-state index in [4.69, 9.17) is 4.74 Å². The third-order valence-corrected chi connectivity index (χ3v) is 4.99. The van der Waals surface area contributed by atoms with Crippen LogP contribution in [0.2, 0.25) is 0 Å². The Kier molecular flexibility index (Phi) is 7.26. The molecule has 1 atom stereocenters. The van der Waals surface area contributed by atoms with E-state index in [0.29, 0.717) is 5.69 Å². The van der Waals surface area contributed by atoms with E-state index < -0.39 is 18.0 Å². The SMILES string of the molecule is O=C(NCC(O)COc1cccc(F)c1)Nc1ccc(CN2C(=O)CSC2=O)cc1. The monoisotopic (exact) mass is 433 g/mol. The van der Waals surface area contributed by atoms with Crippen molar-refractivity contribution in [3.05, 3.63) is 59.9 Å². The van der Waals surface area contributed by atoms with Crippen molar-refractivity contribution in [2.24, 2.45) is 0 Å². The number of carbonyl (C=O) groups is 3. The van der Waals surface area contributed by atoms with Crippen LogP contribution >= 0.6 is 11.8 Å². The zero-order chi connectivity index (χ0) is 21.5. The van der Waals surface area contributed by atoms with Crippen LogP contribution < -0.4 is 15.4 Å². The van der Waals surface area contributed by atoms with Crippen LogP contribution in [0.1, 0.15) is 5.56 Å². The van der Waals surface area contributed by atoms with Gasteiger partial charge in [-0.1, -0.05) is 30.0 Å². The number of urea groups is 1. The molecule has 0 aliphatic carbocycles. The smallest absolute Gasteiger partial charge is 0.319 e. The Morgan fingerprint density at radius 2 is 2.00 bits per heavy atom. The molecule has 2 aromatic rings. The van der Waals surface area contributed by atoms with Crippen LogP contribution in [0.15, 0.2) is 48.5 Å². The van der Waals surface area contributed by atoms with Crippen molar-refractivity contribution >= 4 is 34.6 Å². The number of aliphatic hydroxyl groups excluding tert-OH is 1. The minimum atomic E-state index is -0.977. The maximum absolute atomic E-state index is 13.1. The summed E-state index contributed by atoms with van der Waals surface area (Å²) in [7, 11) is 0.